The number of methoxy groups -OCH3 is 1. The van der Waals surface area contributed by atoms with Crippen molar-refractivity contribution in [3.8, 4) is 23.0 Å². The van der Waals surface area contributed by atoms with E-state index in [4.69, 9.17) is 9.47 Å². The minimum Gasteiger partial charge on any atom is -0.472 e. The van der Waals surface area contributed by atoms with E-state index in [1.54, 1.807) is 12.3 Å². The number of ether oxygens (including phenoxy) is 2. The van der Waals surface area contributed by atoms with E-state index in [0.717, 1.165) is 30.5 Å². The normalized spacial score (nSPS) is 16.3. The van der Waals surface area contributed by atoms with Crippen LogP contribution >= 0.6 is 0 Å². The molecule has 0 radical (unpaired) electrons. The molecule has 0 aliphatic carbocycles. The Labute approximate surface area is 170 Å². The molecule has 1 atom stereocenters. The molecule has 1 unspecified atom stereocenters. The van der Waals surface area contributed by atoms with Crippen LogP contribution in [0.5, 0.6) is 11.9 Å². The van der Waals surface area contributed by atoms with Gasteiger partial charge >= 0.3 is 6.01 Å². The maximum atomic E-state index is 13.0. The molecule has 1 amide bonds. The highest BCUT2D eigenvalue weighted by Crippen LogP contribution is 2.22. The molecule has 4 rings (SSSR count). The van der Waals surface area contributed by atoms with Gasteiger partial charge in [-0.1, -0.05) is 42.5 Å². The topological polar surface area (TPSA) is 64.6 Å². The van der Waals surface area contributed by atoms with Gasteiger partial charge in [-0.25, -0.2) is 4.98 Å². The average molecular weight is 389 g/mol. The van der Waals surface area contributed by atoms with Gasteiger partial charge in [0.25, 0.3) is 5.91 Å². The van der Waals surface area contributed by atoms with E-state index in [1.165, 1.54) is 7.11 Å². The fourth-order valence-corrected chi connectivity index (χ4v) is 3.50. The molecule has 1 fully saturated rings. The zero-order valence-corrected chi connectivity index (χ0v) is 16.3. The second-order valence-electron chi connectivity index (χ2n) is 6.96. The van der Waals surface area contributed by atoms with Gasteiger partial charge in [-0.3, -0.25) is 4.79 Å². The highest BCUT2D eigenvalue weighted by Gasteiger charge is 2.26. The van der Waals surface area contributed by atoms with Gasteiger partial charge in [0.15, 0.2) is 0 Å². The van der Waals surface area contributed by atoms with E-state index in [1.807, 2.05) is 47.4 Å². The fraction of sp³-hybridized carbons (Fsp3) is 0.261. The predicted molar refractivity (Wildman–Crippen MR) is 110 cm³/mol. The van der Waals surface area contributed by atoms with Crippen LogP contribution in [0, 0.1) is 0 Å². The van der Waals surface area contributed by atoms with Crippen molar-refractivity contribution in [3.05, 3.63) is 72.4 Å². The van der Waals surface area contributed by atoms with Gasteiger partial charge in [0.1, 0.15) is 6.10 Å². The molecule has 29 heavy (non-hydrogen) atoms. The van der Waals surface area contributed by atoms with Crippen LogP contribution < -0.4 is 9.47 Å². The average Bonchev–Trinajstić information content (AvgIpc) is 2.79. The van der Waals surface area contributed by atoms with Crippen LogP contribution in [0.3, 0.4) is 0 Å². The van der Waals surface area contributed by atoms with Crippen molar-refractivity contribution < 1.29 is 14.3 Å². The molecule has 1 aliphatic rings. The summed E-state index contributed by atoms with van der Waals surface area (Å²) < 4.78 is 11.0. The number of amides is 1. The van der Waals surface area contributed by atoms with Crippen LogP contribution in [-0.2, 0) is 0 Å². The lowest BCUT2D eigenvalue weighted by Crippen LogP contribution is -2.44. The number of aromatic nitrogens is 2. The Kier molecular flexibility index (Phi) is 5.70. The molecular formula is C23H23N3O3. The lowest BCUT2D eigenvalue weighted by Gasteiger charge is -2.32. The monoisotopic (exact) mass is 389 g/mol. The summed E-state index contributed by atoms with van der Waals surface area (Å²) in [6.45, 7) is 1.26. The zero-order chi connectivity index (χ0) is 20.1. The molecule has 6 nitrogen and oxygen atoms in total. The number of hydrogen-bond donors (Lipinski definition) is 0. The standard InChI is InChI=1S/C23H23N3O3/c1-28-23-24-14-13-21(25-23)29-20-8-5-15-26(16-20)22(27)19-11-9-18(10-12-19)17-6-3-2-4-7-17/h2-4,6-7,9-14,20H,5,8,15-16H2,1H3. The number of rotatable bonds is 5. The van der Waals surface area contributed by atoms with Gasteiger partial charge in [0.2, 0.25) is 5.88 Å². The highest BCUT2D eigenvalue weighted by atomic mass is 16.5. The third-order valence-electron chi connectivity index (χ3n) is 4.98. The Balaban J connectivity index is 1.42. The van der Waals surface area contributed by atoms with Crippen LogP contribution in [0.15, 0.2) is 66.9 Å². The van der Waals surface area contributed by atoms with Crippen LogP contribution in [0.4, 0.5) is 0 Å². The van der Waals surface area contributed by atoms with Crippen LogP contribution in [0.1, 0.15) is 23.2 Å². The Morgan fingerprint density at radius 2 is 1.79 bits per heavy atom. The zero-order valence-electron chi connectivity index (χ0n) is 16.3. The van der Waals surface area contributed by atoms with Gasteiger partial charge in [-0.15, -0.1) is 0 Å². The number of likely N-dealkylation sites (tertiary alicyclic amines) is 1. The smallest absolute Gasteiger partial charge is 0.319 e. The minimum atomic E-state index is -0.101. The third-order valence-corrected chi connectivity index (χ3v) is 4.98. The lowest BCUT2D eigenvalue weighted by atomic mass is 10.0. The van der Waals surface area contributed by atoms with Gasteiger partial charge in [-0.05, 0) is 36.1 Å². The SMILES string of the molecule is COc1nccc(OC2CCCN(C(=O)c3ccc(-c4ccccc4)cc3)C2)n1. The van der Waals surface area contributed by atoms with E-state index in [-0.39, 0.29) is 18.0 Å². The van der Waals surface area contributed by atoms with E-state index in [2.05, 4.69) is 22.1 Å². The summed E-state index contributed by atoms with van der Waals surface area (Å²) in [5.41, 5.74) is 2.92. The van der Waals surface area contributed by atoms with Crippen LogP contribution in [0.2, 0.25) is 0 Å². The van der Waals surface area contributed by atoms with Gasteiger partial charge in [0, 0.05) is 24.4 Å². The number of carbonyl (C=O) groups is 1. The molecule has 0 bridgehead atoms. The summed E-state index contributed by atoms with van der Waals surface area (Å²) in [7, 11) is 1.52. The van der Waals surface area contributed by atoms with Crippen molar-refractivity contribution in [2.75, 3.05) is 20.2 Å². The summed E-state index contributed by atoms with van der Waals surface area (Å²) in [4.78, 5) is 23.0. The minimum absolute atomic E-state index is 0.0261. The number of piperidine rings is 1. The molecule has 0 saturated carbocycles. The second kappa shape index (κ2) is 8.73. The van der Waals surface area contributed by atoms with E-state index in [0.29, 0.717) is 18.0 Å². The summed E-state index contributed by atoms with van der Waals surface area (Å²) in [5, 5.41) is 0. The van der Waals surface area contributed by atoms with Crippen molar-refractivity contribution in [1.29, 1.82) is 0 Å². The molecule has 1 aliphatic heterocycles. The molecule has 0 spiro atoms. The lowest BCUT2D eigenvalue weighted by molar-refractivity contribution is 0.0525. The fourth-order valence-electron chi connectivity index (χ4n) is 3.50. The highest BCUT2D eigenvalue weighted by molar-refractivity contribution is 5.94. The Morgan fingerprint density at radius 3 is 2.55 bits per heavy atom. The second-order valence-corrected chi connectivity index (χ2v) is 6.96. The Morgan fingerprint density at radius 1 is 1.03 bits per heavy atom. The van der Waals surface area contributed by atoms with Crippen molar-refractivity contribution in [2.45, 2.75) is 18.9 Å². The molecular weight excluding hydrogens is 366 g/mol. The Hall–Kier alpha value is -3.41. The quantitative estimate of drug-likeness (QED) is 0.663. The number of carbonyl (C=O) groups excluding carboxylic acids is 1. The van der Waals surface area contributed by atoms with Crippen molar-refractivity contribution >= 4 is 5.91 Å². The summed E-state index contributed by atoms with van der Waals surface area (Å²) in [6, 6.07) is 19.9. The van der Waals surface area contributed by atoms with E-state index < -0.39 is 0 Å². The molecule has 2 heterocycles. The number of nitrogens with zero attached hydrogens (tertiary/aromatic N) is 3. The van der Waals surface area contributed by atoms with E-state index >= 15 is 0 Å². The predicted octanol–water partition coefficient (Wildman–Crippen LogP) is 3.84. The maximum absolute atomic E-state index is 13.0. The summed E-state index contributed by atoms with van der Waals surface area (Å²) in [5.74, 6) is 0.488. The third kappa shape index (κ3) is 4.54. The van der Waals surface area contributed by atoms with Gasteiger partial charge in [0.05, 0.1) is 13.7 Å². The van der Waals surface area contributed by atoms with E-state index in [9.17, 15) is 4.79 Å². The van der Waals surface area contributed by atoms with Crippen LogP contribution in [-0.4, -0.2) is 47.1 Å². The summed E-state index contributed by atoms with van der Waals surface area (Å²) >= 11 is 0. The van der Waals surface area contributed by atoms with Gasteiger partial charge in [-0.2, -0.15) is 4.98 Å². The maximum Gasteiger partial charge on any atom is 0.319 e. The molecule has 3 aromatic rings. The molecule has 1 saturated heterocycles. The molecule has 148 valence electrons. The molecule has 6 heteroatoms. The first-order chi connectivity index (χ1) is 14.2. The Bertz CT molecular complexity index is 961. The molecule has 0 N–H and O–H groups in total. The van der Waals surface area contributed by atoms with Crippen molar-refractivity contribution in [1.82, 2.24) is 14.9 Å². The van der Waals surface area contributed by atoms with Crippen molar-refractivity contribution in [2.24, 2.45) is 0 Å². The summed E-state index contributed by atoms with van der Waals surface area (Å²) in [6.07, 6.45) is 3.27. The van der Waals surface area contributed by atoms with Crippen LogP contribution in [0.25, 0.3) is 11.1 Å². The first-order valence-electron chi connectivity index (χ1n) is 9.71. The molecule has 1 aromatic heterocycles. The first-order valence-corrected chi connectivity index (χ1v) is 9.71. The number of benzene rings is 2. The number of hydrogen-bond acceptors (Lipinski definition) is 5. The first kappa shape index (κ1) is 18.9. The molecule has 2 aromatic carbocycles. The van der Waals surface area contributed by atoms with Gasteiger partial charge < -0.3 is 14.4 Å². The van der Waals surface area contributed by atoms with Crippen molar-refractivity contribution in [3.63, 3.8) is 0 Å². The largest absolute Gasteiger partial charge is 0.472 e.